The normalized spacial score (nSPS) is 22.7. The first-order valence-corrected chi connectivity index (χ1v) is 11.2. The Morgan fingerprint density at radius 2 is 2.03 bits per heavy atom. The number of hydrogen-bond donors (Lipinski definition) is 2. The van der Waals surface area contributed by atoms with E-state index in [-0.39, 0.29) is 17.8 Å². The Morgan fingerprint density at radius 3 is 2.73 bits per heavy atom. The van der Waals surface area contributed by atoms with Crippen molar-refractivity contribution in [2.24, 2.45) is 4.99 Å². The van der Waals surface area contributed by atoms with Gasteiger partial charge in [0.2, 0.25) is 0 Å². The Balaban J connectivity index is 1.28. The van der Waals surface area contributed by atoms with Gasteiger partial charge in [0.05, 0.1) is 5.69 Å². The zero-order valence-corrected chi connectivity index (χ0v) is 18.1. The van der Waals surface area contributed by atoms with Crippen molar-refractivity contribution in [1.29, 1.82) is 0 Å². The third-order valence-electron chi connectivity index (χ3n) is 5.84. The summed E-state index contributed by atoms with van der Waals surface area (Å²) in [7, 11) is 0. The molecule has 30 heavy (non-hydrogen) atoms. The third-order valence-corrected chi connectivity index (χ3v) is 6.17. The monoisotopic (exact) mass is 429 g/mol. The molecular weight excluding hydrogens is 401 g/mol. The molecule has 0 bridgehead atoms. The van der Waals surface area contributed by atoms with Crippen LogP contribution in [-0.4, -0.2) is 47.6 Å². The summed E-state index contributed by atoms with van der Waals surface area (Å²) in [5.74, 6) is 0.697. The van der Waals surface area contributed by atoms with E-state index in [1.807, 2.05) is 25.3 Å². The molecular formula is C23H29ClFN5. The summed E-state index contributed by atoms with van der Waals surface area (Å²) in [6.07, 6.45) is 4.84. The fourth-order valence-corrected chi connectivity index (χ4v) is 4.46. The second kappa shape index (κ2) is 9.75. The molecule has 4 rings (SSSR count). The highest BCUT2D eigenvalue weighted by Gasteiger charge is 2.42. The SMILES string of the molecule is CCN=C(NC1CCN(Cc2ccccn2)CC1)NC1CC1c1c(F)cccc1Cl. The van der Waals surface area contributed by atoms with Gasteiger partial charge >= 0.3 is 0 Å². The maximum Gasteiger partial charge on any atom is 0.191 e. The maximum absolute atomic E-state index is 14.2. The van der Waals surface area contributed by atoms with E-state index in [9.17, 15) is 4.39 Å². The largest absolute Gasteiger partial charge is 0.354 e. The molecule has 1 saturated carbocycles. The Labute approximate surface area is 182 Å². The van der Waals surface area contributed by atoms with Gasteiger partial charge in [-0.25, -0.2) is 4.39 Å². The Bertz CT molecular complexity index is 847. The van der Waals surface area contributed by atoms with E-state index in [1.165, 1.54) is 6.07 Å². The highest BCUT2D eigenvalue weighted by Crippen LogP contribution is 2.44. The van der Waals surface area contributed by atoms with Crippen molar-refractivity contribution in [3.05, 3.63) is 64.7 Å². The molecule has 0 spiro atoms. The minimum Gasteiger partial charge on any atom is -0.354 e. The van der Waals surface area contributed by atoms with Gasteiger partial charge in [-0.3, -0.25) is 14.9 Å². The molecule has 2 N–H and O–H groups in total. The Morgan fingerprint density at radius 1 is 1.20 bits per heavy atom. The lowest BCUT2D eigenvalue weighted by Gasteiger charge is -2.33. The van der Waals surface area contributed by atoms with Gasteiger partial charge in [-0.15, -0.1) is 0 Å². The van der Waals surface area contributed by atoms with Crippen LogP contribution >= 0.6 is 11.6 Å². The number of nitrogens with zero attached hydrogens (tertiary/aromatic N) is 3. The number of hydrogen-bond acceptors (Lipinski definition) is 3. The molecule has 2 atom stereocenters. The van der Waals surface area contributed by atoms with Crippen molar-refractivity contribution in [1.82, 2.24) is 20.5 Å². The number of aromatic nitrogens is 1. The van der Waals surface area contributed by atoms with Crippen LogP contribution in [0.5, 0.6) is 0 Å². The fraction of sp³-hybridized carbons (Fsp3) is 0.478. The first kappa shape index (κ1) is 21.1. The molecule has 2 fully saturated rings. The van der Waals surface area contributed by atoms with E-state index in [1.54, 1.807) is 12.1 Å². The molecule has 1 aromatic carbocycles. The number of pyridine rings is 1. The van der Waals surface area contributed by atoms with Gasteiger partial charge in [-0.05, 0) is 50.5 Å². The van der Waals surface area contributed by atoms with Gasteiger partial charge in [-0.1, -0.05) is 23.7 Å². The van der Waals surface area contributed by atoms with E-state index in [2.05, 4.69) is 31.6 Å². The van der Waals surface area contributed by atoms with E-state index in [4.69, 9.17) is 11.6 Å². The van der Waals surface area contributed by atoms with E-state index < -0.39 is 0 Å². The second-order valence-electron chi connectivity index (χ2n) is 8.07. The van der Waals surface area contributed by atoms with Crippen LogP contribution in [0.4, 0.5) is 4.39 Å². The Kier molecular flexibility index (Phi) is 6.85. The predicted molar refractivity (Wildman–Crippen MR) is 119 cm³/mol. The van der Waals surface area contributed by atoms with Crippen LogP contribution in [0.1, 0.15) is 43.4 Å². The van der Waals surface area contributed by atoms with Crippen LogP contribution in [0.2, 0.25) is 5.02 Å². The first-order valence-electron chi connectivity index (χ1n) is 10.8. The molecule has 5 nitrogen and oxygen atoms in total. The average Bonchev–Trinajstić information content (AvgIpc) is 3.49. The zero-order chi connectivity index (χ0) is 20.9. The van der Waals surface area contributed by atoms with Gasteiger partial charge in [0, 0.05) is 61.0 Å². The van der Waals surface area contributed by atoms with Crippen LogP contribution in [0.25, 0.3) is 0 Å². The van der Waals surface area contributed by atoms with Crippen LogP contribution in [0, 0.1) is 5.82 Å². The standard InChI is InChI=1S/C23H29ClFN5/c1-2-26-23(29-21-14-18(21)22-19(24)7-5-8-20(22)25)28-16-9-12-30(13-10-16)15-17-6-3-4-11-27-17/h3-8,11,16,18,21H,2,9-10,12-15H2,1H3,(H2,26,28,29). The molecule has 2 aliphatic rings. The van der Waals surface area contributed by atoms with Crippen molar-refractivity contribution in [3.8, 4) is 0 Å². The number of piperidine rings is 1. The number of halogens is 2. The van der Waals surface area contributed by atoms with Crippen molar-refractivity contribution in [3.63, 3.8) is 0 Å². The predicted octanol–water partition coefficient (Wildman–Crippen LogP) is 3.95. The van der Waals surface area contributed by atoms with Crippen LogP contribution < -0.4 is 10.6 Å². The molecule has 0 radical (unpaired) electrons. The van der Waals surface area contributed by atoms with Crippen LogP contribution in [0.3, 0.4) is 0 Å². The first-order chi connectivity index (χ1) is 14.6. The maximum atomic E-state index is 14.2. The molecule has 1 saturated heterocycles. The molecule has 160 valence electrons. The zero-order valence-electron chi connectivity index (χ0n) is 17.3. The minimum atomic E-state index is -0.223. The number of guanidine groups is 1. The minimum absolute atomic E-state index is 0.0998. The summed E-state index contributed by atoms with van der Waals surface area (Å²) < 4.78 is 14.2. The topological polar surface area (TPSA) is 52.6 Å². The summed E-state index contributed by atoms with van der Waals surface area (Å²) in [5.41, 5.74) is 1.74. The smallest absolute Gasteiger partial charge is 0.191 e. The number of aliphatic imine (C=N–C) groups is 1. The van der Waals surface area contributed by atoms with E-state index in [0.29, 0.717) is 23.2 Å². The lowest BCUT2D eigenvalue weighted by atomic mass is 10.0. The van der Waals surface area contributed by atoms with Gasteiger partial charge in [0.1, 0.15) is 5.82 Å². The van der Waals surface area contributed by atoms with Crippen molar-refractivity contribution >= 4 is 17.6 Å². The highest BCUT2D eigenvalue weighted by atomic mass is 35.5. The number of benzene rings is 1. The molecule has 2 heterocycles. The Hall–Kier alpha value is -2.18. The molecule has 1 aliphatic heterocycles. The molecule has 0 amide bonds. The third kappa shape index (κ3) is 5.29. The van der Waals surface area contributed by atoms with Crippen molar-refractivity contribution in [2.45, 2.75) is 50.7 Å². The molecule has 1 aliphatic carbocycles. The van der Waals surface area contributed by atoms with Crippen LogP contribution in [-0.2, 0) is 6.54 Å². The molecule has 7 heteroatoms. The number of rotatable bonds is 6. The van der Waals surface area contributed by atoms with Crippen molar-refractivity contribution < 1.29 is 4.39 Å². The molecule has 2 aromatic rings. The highest BCUT2D eigenvalue weighted by molar-refractivity contribution is 6.31. The summed E-state index contributed by atoms with van der Waals surface area (Å²) in [6, 6.07) is 11.5. The fourth-order valence-electron chi connectivity index (χ4n) is 4.15. The summed E-state index contributed by atoms with van der Waals surface area (Å²) in [5, 5.41) is 7.57. The number of likely N-dealkylation sites (tertiary alicyclic amines) is 1. The van der Waals surface area contributed by atoms with Gasteiger partial charge in [-0.2, -0.15) is 0 Å². The summed E-state index contributed by atoms with van der Waals surface area (Å²) in [6.45, 7) is 5.69. The lowest BCUT2D eigenvalue weighted by molar-refractivity contribution is 0.196. The van der Waals surface area contributed by atoms with Crippen LogP contribution in [0.15, 0.2) is 47.6 Å². The molecule has 1 aromatic heterocycles. The number of nitrogens with one attached hydrogen (secondary N) is 2. The lowest BCUT2D eigenvalue weighted by Crippen LogP contribution is -2.49. The van der Waals surface area contributed by atoms with E-state index in [0.717, 1.165) is 50.6 Å². The van der Waals surface area contributed by atoms with Gasteiger partial charge in [0.25, 0.3) is 0 Å². The summed E-state index contributed by atoms with van der Waals surface area (Å²) in [4.78, 5) is 11.5. The quantitative estimate of drug-likeness (QED) is 0.539. The average molecular weight is 430 g/mol. The van der Waals surface area contributed by atoms with Gasteiger partial charge < -0.3 is 10.6 Å². The molecule has 2 unspecified atom stereocenters. The second-order valence-corrected chi connectivity index (χ2v) is 8.47. The van der Waals surface area contributed by atoms with Gasteiger partial charge in [0.15, 0.2) is 5.96 Å². The van der Waals surface area contributed by atoms with E-state index >= 15 is 0 Å². The summed E-state index contributed by atoms with van der Waals surface area (Å²) >= 11 is 6.23. The van der Waals surface area contributed by atoms with Crippen molar-refractivity contribution in [2.75, 3.05) is 19.6 Å².